The normalized spacial score (nSPS) is 15.3. The zero-order valence-electron chi connectivity index (χ0n) is 17.0. The van der Waals surface area contributed by atoms with E-state index in [2.05, 4.69) is 30.2 Å². The smallest absolute Gasteiger partial charge is 0.254 e. The maximum atomic E-state index is 13.5. The van der Waals surface area contributed by atoms with E-state index in [-0.39, 0.29) is 30.9 Å². The number of nitrogens with zero attached hydrogens (tertiary/aromatic N) is 2. The van der Waals surface area contributed by atoms with Gasteiger partial charge in [-0.05, 0) is 47.2 Å². The molecule has 158 valence electrons. The molecule has 0 spiro atoms. The van der Waals surface area contributed by atoms with Gasteiger partial charge in [-0.3, -0.25) is 9.59 Å². The number of thiophene rings is 1. The van der Waals surface area contributed by atoms with Crippen molar-refractivity contribution in [2.24, 2.45) is 0 Å². The highest BCUT2D eigenvalue weighted by Crippen LogP contribution is 2.37. The molecule has 4 rings (SSSR count). The van der Waals surface area contributed by atoms with Gasteiger partial charge in [0.15, 0.2) is 0 Å². The van der Waals surface area contributed by atoms with Gasteiger partial charge in [-0.2, -0.15) is 0 Å². The summed E-state index contributed by atoms with van der Waals surface area (Å²) < 4.78 is 0. The topological polar surface area (TPSA) is 40.6 Å². The third-order valence-corrected chi connectivity index (χ3v) is 6.67. The van der Waals surface area contributed by atoms with E-state index < -0.39 is 0 Å². The highest BCUT2D eigenvalue weighted by atomic mass is 35.5. The lowest BCUT2D eigenvalue weighted by Crippen LogP contribution is -2.46. The van der Waals surface area contributed by atoms with Crippen molar-refractivity contribution in [3.05, 3.63) is 105 Å². The van der Waals surface area contributed by atoms with E-state index in [1.807, 2.05) is 23.1 Å². The van der Waals surface area contributed by atoms with Crippen LogP contribution in [0.4, 0.5) is 0 Å². The maximum Gasteiger partial charge on any atom is 0.254 e. The summed E-state index contributed by atoms with van der Waals surface area (Å²) in [6.45, 7) is 4.65. The van der Waals surface area contributed by atoms with Gasteiger partial charge in [0.25, 0.3) is 5.91 Å². The van der Waals surface area contributed by atoms with Gasteiger partial charge < -0.3 is 9.80 Å². The molecule has 0 saturated carbocycles. The Balaban J connectivity index is 1.60. The molecule has 4 nitrogen and oxygen atoms in total. The van der Waals surface area contributed by atoms with Crippen LogP contribution in [0.3, 0.4) is 0 Å². The van der Waals surface area contributed by atoms with Crippen LogP contribution in [0.2, 0.25) is 5.02 Å². The lowest BCUT2D eigenvalue weighted by Gasteiger charge is -2.37. The molecular weight excluding hydrogens is 428 g/mol. The Kier molecular flexibility index (Phi) is 6.54. The quantitative estimate of drug-likeness (QED) is 0.484. The molecule has 1 unspecified atom stereocenters. The molecule has 6 heteroatoms. The third kappa shape index (κ3) is 4.58. The van der Waals surface area contributed by atoms with Crippen LogP contribution in [0.15, 0.2) is 78.7 Å². The van der Waals surface area contributed by atoms with Crippen molar-refractivity contribution >= 4 is 34.8 Å². The van der Waals surface area contributed by atoms with Gasteiger partial charge in [0.1, 0.15) is 6.54 Å². The van der Waals surface area contributed by atoms with E-state index in [0.717, 1.165) is 12.0 Å². The lowest BCUT2D eigenvalue weighted by atomic mass is 9.93. The van der Waals surface area contributed by atoms with Crippen molar-refractivity contribution in [3.8, 4) is 0 Å². The molecule has 1 aliphatic heterocycles. The first-order valence-electron chi connectivity index (χ1n) is 10.1. The zero-order valence-corrected chi connectivity index (χ0v) is 18.6. The Morgan fingerprint density at radius 3 is 2.71 bits per heavy atom. The molecule has 2 heterocycles. The standard InChI is InChI=1S/C25H23ClN2O2S/c1-2-13-27(25(30)19-9-6-10-20(26)16-19)17-23(29)28-14-11-22-21(12-15-31-22)24(28)18-7-4-3-5-8-18/h2-10,12,15-16,24H,1,11,13-14,17H2. The zero-order chi connectivity index (χ0) is 21.8. The van der Waals surface area contributed by atoms with Crippen molar-refractivity contribution in [3.63, 3.8) is 0 Å². The van der Waals surface area contributed by atoms with Crippen LogP contribution in [-0.2, 0) is 11.2 Å². The number of rotatable bonds is 6. The molecule has 2 aromatic carbocycles. The monoisotopic (exact) mass is 450 g/mol. The Morgan fingerprint density at radius 2 is 1.97 bits per heavy atom. The Hall–Kier alpha value is -2.89. The molecule has 0 N–H and O–H groups in total. The van der Waals surface area contributed by atoms with Gasteiger partial charge in [0, 0.05) is 28.6 Å². The molecule has 31 heavy (non-hydrogen) atoms. The van der Waals surface area contributed by atoms with Crippen molar-refractivity contribution in [2.75, 3.05) is 19.6 Å². The van der Waals surface area contributed by atoms with Crippen LogP contribution in [0.25, 0.3) is 0 Å². The first-order valence-corrected chi connectivity index (χ1v) is 11.4. The number of carbonyl (C=O) groups is 2. The highest BCUT2D eigenvalue weighted by Gasteiger charge is 2.33. The number of hydrogen-bond donors (Lipinski definition) is 0. The summed E-state index contributed by atoms with van der Waals surface area (Å²) in [4.78, 5) is 31.3. The highest BCUT2D eigenvalue weighted by molar-refractivity contribution is 7.10. The van der Waals surface area contributed by atoms with Gasteiger partial charge in [-0.1, -0.05) is 54.1 Å². The molecule has 1 aliphatic rings. The fraction of sp³-hybridized carbons (Fsp3) is 0.200. The molecule has 0 bridgehead atoms. The first kappa shape index (κ1) is 21.3. The minimum atomic E-state index is -0.236. The van der Waals surface area contributed by atoms with Crippen LogP contribution < -0.4 is 0 Å². The number of hydrogen-bond acceptors (Lipinski definition) is 3. The molecule has 2 amide bonds. The van der Waals surface area contributed by atoms with E-state index in [9.17, 15) is 9.59 Å². The van der Waals surface area contributed by atoms with Crippen LogP contribution >= 0.6 is 22.9 Å². The van der Waals surface area contributed by atoms with Crippen LogP contribution in [0.1, 0.15) is 32.4 Å². The number of fused-ring (bicyclic) bond motifs is 1. The van der Waals surface area contributed by atoms with Crippen molar-refractivity contribution < 1.29 is 9.59 Å². The third-order valence-electron chi connectivity index (χ3n) is 5.44. The maximum absolute atomic E-state index is 13.5. The SMILES string of the molecule is C=CCN(CC(=O)N1CCc2sccc2C1c1ccccc1)C(=O)c1cccc(Cl)c1. The molecule has 0 fully saturated rings. The lowest BCUT2D eigenvalue weighted by molar-refractivity contribution is -0.133. The molecule has 1 atom stereocenters. The van der Waals surface area contributed by atoms with E-state index in [1.165, 1.54) is 15.3 Å². The molecular formula is C25H23ClN2O2S. The van der Waals surface area contributed by atoms with Gasteiger partial charge in [0.2, 0.25) is 5.91 Å². The van der Waals surface area contributed by atoms with E-state index in [4.69, 9.17) is 11.6 Å². The molecule has 0 aliphatic carbocycles. The summed E-state index contributed by atoms with van der Waals surface area (Å²) in [5, 5.41) is 2.57. The second-order valence-electron chi connectivity index (χ2n) is 7.43. The Morgan fingerprint density at radius 1 is 1.16 bits per heavy atom. The van der Waals surface area contributed by atoms with E-state index in [0.29, 0.717) is 17.1 Å². The van der Waals surface area contributed by atoms with Crippen molar-refractivity contribution in [1.29, 1.82) is 0 Å². The first-order chi connectivity index (χ1) is 15.1. The van der Waals surface area contributed by atoms with Gasteiger partial charge in [-0.15, -0.1) is 17.9 Å². The molecule has 3 aromatic rings. The fourth-order valence-electron chi connectivity index (χ4n) is 4.01. The van der Waals surface area contributed by atoms with Gasteiger partial charge in [0.05, 0.1) is 6.04 Å². The average Bonchev–Trinajstić information content (AvgIpc) is 3.27. The number of halogens is 1. The Bertz CT molecular complexity index is 1100. The van der Waals surface area contributed by atoms with Crippen molar-refractivity contribution in [1.82, 2.24) is 9.80 Å². The number of amides is 2. The predicted octanol–water partition coefficient (Wildman–Crippen LogP) is 5.20. The summed E-state index contributed by atoms with van der Waals surface area (Å²) in [6.07, 6.45) is 2.46. The van der Waals surface area contributed by atoms with Gasteiger partial charge >= 0.3 is 0 Å². The largest absolute Gasteiger partial charge is 0.330 e. The summed E-state index contributed by atoms with van der Waals surface area (Å²) >= 11 is 7.79. The van der Waals surface area contributed by atoms with Crippen LogP contribution in [0.5, 0.6) is 0 Å². The van der Waals surface area contributed by atoms with Crippen LogP contribution in [-0.4, -0.2) is 41.2 Å². The number of benzene rings is 2. The van der Waals surface area contributed by atoms with Crippen molar-refractivity contribution in [2.45, 2.75) is 12.5 Å². The molecule has 1 aromatic heterocycles. The van der Waals surface area contributed by atoms with Gasteiger partial charge in [-0.25, -0.2) is 0 Å². The Labute approximate surface area is 191 Å². The fourth-order valence-corrected chi connectivity index (χ4v) is 5.11. The summed E-state index contributed by atoms with van der Waals surface area (Å²) in [6, 6.07) is 18.8. The number of carbonyl (C=O) groups excluding carboxylic acids is 2. The molecule has 0 radical (unpaired) electrons. The second-order valence-corrected chi connectivity index (χ2v) is 8.87. The van der Waals surface area contributed by atoms with E-state index >= 15 is 0 Å². The molecule has 0 saturated heterocycles. The second kappa shape index (κ2) is 9.50. The summed E-state index contributed by atoms with van der Waals surface area (Å²) in [5.74, 6) is -0.317. The average molecular weight is 451 g/mol. The minimum absolute atomic E-state index is 0.0137. The van der Waals surface area contributed by atoms with E-state index in [1.54, 1.807) is 41.7 Å². The predicted molar refractivity (Wildman–Crippen MR) is 126 cm³/mol. The summed E-state index contributed by atoms with van der Waals surface area (Å²) in [5.41, 5.74) is 2.71. The summed E-state index contributed by atoms with van der Waals surface area (Å²) in [7, 11) is 0. The minimum Gasteiger partial charge on any atom is -0.330 e. The van der Waals surface area contributed by atoms with Crippen LogP contribution in [0, 0.1) is 0 Å².